The third-order valence-corrected chi connectivity index (χ3v) is 8.38. The Morgan fingerprint density at radius 3 is 2.84 bits per heavy atom. The van der Waals surface area contributed by atoms with Crippen molar-refractivity contribution in [1.82, 2.24) is 29.5 Å². The summed E-state index contributed by atoms with van der Waals surface area (Å²) in [6.07, 6.45) is 4.32. The number of hydrogen-bond donors (Lipinski definition) is 0. The van der Waals surface area contributed by atoms with Crippen LogP contribution in [0.3, 0.4) is 0 Å². The topological polar surface area (TPSA) is 117 Å². The van der Waals surface area contributed by atoms with Crippen molar-refractivity contribution in [3.63, 3.8) is 0 Å². The average Bonchev–Trinajstić information content (AvgIpc) is 3.85. The highest BCUT2D eigenvalue weighted by molar-refractivity contribution is 7.13. The fourth-order valence-electron chi connectivity index (χ4n) is 5.04. The van der Waals surface area contributed by atoms with Crippen LogP contribution in [0.1, 0.15) is 28.2 Å². The lowest BCUT2D eigenvalue weighted by Crippen LogP contribution is -2.37. The molecule has 5 heterocycles. The fourth-order valence-corrected chi connectivity index (χ4v) is 5.86. The third kappa shape index (κ3) is 5.30. The van der Waals surface area contributed by atoms with Gasteiger partial charge >= 0.3 is 0 Å². The second-order valence-electron chi connectivity index (χ2n) is 10.4. The SMILES string of the molecule is COc1cc(OCc2csc(-c3ccc(C(=O)N(C)C4CCOC4)cc3)n2)c2cc(-c3cn4nc(C)cnc4n3)oc2c1. The van der Waals surface area contributed by atoms with Crippen LogP contribution in [-0.2, 0) is 11.3 Å². The second kappa shape index (κ2) is 11.1. The first kappa shape index (κ1) is 27.0. The Kier molecular flexibility index (Phi) is 6.99. The molecule has 1 aliphatic rings. The summed E-state index contributed by atoms with van der Waals surface area (Å²) in [5.74, 6) is 2.26. The number of rotatable bonds is 8. The molecule has 1 saturated heterocycles. The molecule has 0 bridgehead atoms. The van der Waals surface area contributed by atoms with Crippen molar-refractivity contribution in [1.29, 1.82) is 0 Å². The molecule has 43 heavy (non-hydrogen) atoms. The first-order valence-corrected chi connectivity index (χ1v) is 14.7. The number of thiazole rings is 1. The molecule has 0 saturated carbocycles. The molecule has 218 valence electrons. The minimum Gasteiger partial charge on any atom is -0.496 e. The van der Waals surface area contributed by atoms with Crippen molar-refractivity contribution in [2.45, 2.75) is 26.0 Å². The Hall–Kier alpha value is -4.81. The van der Waals surface area contributed by atoms with Crippen molar-refractivity contribution in [2.75, 3.05) is 27.4 Å². The molecule has 1 unspecified atom stereocenters. The number of carbonyl (C=O) groups is 1. The number of methoxy groups -OCH3 is 1. The number of aryl methyl sites for hydroxylation is 1. The molecule has 0 spiro atoms. The van der Waals surface area contributed by atoms with Gasteiger partial charge in [-0.2, -0.15) is 5.10 Å². The number of aromatic nitrogens is 5. The van der Waals surface area contributed by atoms with E-state index in [0.29, 0.717) is 53.1 Å². The van der Waals surface area contributed by atoms with Crippen LogP contribution in [0.15, 0.2) is 64.7 Å². The first-order valence-electron chi connectivity index (χ1n) is 13.8. The minimum absolute atomic E-state index is 0.00750. The second-order valence-corrected chi connectivity index (χ2v) is 11.2. The molecular formula is C31H28N6O5S. The summed E-state index contributed by atoms with van der Waals surface area (Å²) in [7, 11) is 3.43. The van der Waals surface area contributed by atoms with Crippen LogP contribution in [0.2, 0.25) is 0 Å². The zero-order chi connectivity index (χ0) is 29.5. The van der Waals surface area contributed by atoms with Crippen LogP contribution in [0, 0.1) is 6.92 Å². The Balaban J connectivity index is 1.08. The summed E-state index contributed by atoms with van der Waals surface area (Å²) in [5.41, 5.74) is 4.38. The number of hydrogen-bond acceptors (Lipinski definition) is 10. The molecule has 6 aromatic rings. The first-order chi connectivity index (χ1) is 20.9. The molecule has 7 rings (SSSR count). The van der Waals surface area contributed by atoms with Crippen LogP contribution in [0.4, 0.5) is 0 Å². The van der Waals surface area contributed by atoms with Gasteiger partial charge in [-0.3, -0.25) is 4.79 Å². The summed E-state index contributed by atoms with van der Waals surface area (Å²) in [5, 5.41) is 8.03. The van der Waals surface area contributed by atoms with Crippen molar-refractivity contribution < 1.29 is 23.4 Å². The van der Waals surface area contributed by atoms with Gasteiger partial charge in [-0.1, -0.05) is 12.1 Å². The van der Waals surface area contributed by atoms with Gasteiger partial charge in [-0.25, -0.2) is 19.5 Å². The Bertz CT molecular complexity index is 1940. The zero-order valence-electron chi connectivity index (χ0n) is 23.8. The van der Waals surface area contributed by atoms with E-state index in [4.69, 9.17) is 23.6 Å². The van der Waals surface area contributed by atoms with Gasteiger partial charge in [0, 0.05) is 42.3 Å². The summed E-state index contributed by atoms with van der Waals surface area (Å²) >= 11 is 1.53. The lowest BCUT2D eigenvalue weighted by molar-refractivity contribution is 0.0711. The maximum atomic E-state index is 12.9. The van der Waals surface area contributed by atoms with E-state index in [2.05, 4.69) is 15.1 Å². The maximum Gasteiger partial charge on any atom is 0.253 e. The predicted octanol–water partition coefficient (Wildman–Crippen LogP) is 5.42. The number of carbonyl (C=O) groups excluding carboxylic acids is 1. The monoisotopic (exact) mass is 596 g/mol. The van der Waals surface area contributed by atoms with Gasteiger partial charge in [0.15, 0.2) is 5.76 Å². The fraction of sp³-hybridized carbons (Fsp3) is 0.258. The lowest BCUT2D eigenvalue weighted by Gasteiger charge is -2.23. The summed E-state index contributed by atoms with van der Waals surface area (Å²) in [6.45, 7) is 3.41. The highest BCUT2D eigenvalue weighted by Gasteiger charge is 2.25. The summed E-state index contributed by atoms with van der Waals surface area (Å²) in [6, 6.07) is 13.2. The highest BCUT2D eigenvalue weighted by Crippen LogP contribution is 2.37. The molecule has 12 heteroatoms. The molecule has 0 aliphatic carbocycles. The molecule has 0 radical (unpaired) electrons. The van der Waals surface area contributed by atoms with Gasteiger partial charge in [0.1, 0.15) is 34.4 Å². The predicted molar refractivity (Wildman–Crippen MR) is 160 cm³/mol. The van der Waals surface area contributed by atoms with Gasteiger partial charge in [0.25, 0.3) is 11.7 Å². The normalized spacial score (nSPS) is 14.9. The Labute approximate surface area is 250 Å². The quantitative estimate of drug-likeness (QED) is 0.227. The van der Waals surface area contributed by atoms with E-state index in [0.717, 1.165) is 33.8 Å². The number of imidazole rings is 1. The molecular weight excluding hydrogens is 568 g/mol. The van der Waals surface area contributed by atoms with Crippen LogP contribution in [0.5, 0.6) is 11.5 Å². The van der Waals surface area contributed by atoms with Crippen LogP contribution in [0.25, 0.3) is 38.8 Å². The van der Waals surface area contributed by atoms with Gasteiger partial charge in [-0.15, -0.1) is 11.3 Å². The number of fused-ring (bicyclic) bond motifs is 2. The van der Waals surface area contributed by atoms with Crippen LogP contribution < -0.4 is 9.47 Å². The maximum absolute atomic E-state index is 12.9. The number of likely N-dealkylation sites (N-methyl/N-ethyl adjacent to an activating group) is 1. The van der Waals surface area contributed by atoms with Crippen LogP contribution in [-0.4, -0.2) is 68.8 Å². The van der Waals surface area contributed by atoms with E-state index in [1.807, 2.05) is 61.8 Å². The Morgan fingerprint density at radius 1 is 1.19 bits per heavy atom. The number of benzene rings is 2. The number of amides is 1. The molecule has 4 aromatic heterocycles. The van der Waals surface area contributed by atoms with E-state index in [1.54, 1.807) is 28.9 Å². The van der Waals surface area contributed by atoms with Crippen molar-refractivity contribution in [3.05, 3.63) is 77.2 Å². The molecule has 2 aromatic carbocycles. The summed E-state index contributed by atoms with van der Waals surface area (Å²) in [4.78, 5) is 28.3. The standard InChI is InChI=1S/C31H28N6O5S/c1-18-13-32-31-34-25(14-37(31)35-18)28-12-24-26(10-23(39-3)11-27(24)42-28)41-15-21-17-43-29(33-21)19-4-6-20(7-5-19)30(38)36(2)22-8-9-40-16-22/h4-7,10-14,17,22H,8-9,15-16H2,1-3H3. The molecule has 1 atom stereocenters. The van der Waals surface area contributed by atoms with Crippen LogP contribution >= 0.6 is 11.3 Å². The van der Waals surface area contributed by atoms with E-state index < -0.39 is 0 Å². The lowest BCUT2D eigenvalue weighted by atomic mass is 10.1. The third-order valence-electron chi connectivity index (χ3n) is 7.44. The average molecular weight is 597 g/mol. The molecule has 11 nitrogen and oxygen atoms in total. The van der Waals surface area contributed by atoms with E-state index >= 15 is 0 Å². The van der Waals surface area contributed by atoms with Gasteiger partial charge in [-0.05, 0) is 31.5 Å². The smallest absolute Gasteiger partial charge is 0.253 e. The number of furan rings is 1. The molecule has 0 N–H and O–H groups in total. The molecule has 1 aliphatic heterocycles. The van der Waals surface area contributed by atoms with Gasteiger partial charge in [0.05, 0.1) is 48.9 Å². The molecule has 1 fully saturated rings. The molecule has 1 amide bonds. The zero-order valence-corrected chi connectivity index (χ0v) is 24.6. The Morgan fingerprint density at radius 2 is 2.05 bits per heavy atom. The summed E-state index contributed by atoms with van der Waals surface area (Å²) < 4.78 is 24.9. The van der Waals surface area contributed by atoms with E-state index in [-0.39, 0.29) is 18.6 Å². The largest absolute Gasteiger partial charge is 0.496 e. The van der Waals surface area contributed by atoms with Crippen molar-refractivity contribution in [3.8, 4) is 33.5 Å². The minimum atomic E-state index is -0.00750. The van der Waals surface area contributed by atoms with Crippen molar-refractivity contribution in [2.24, 2.45) is 0 Å². The van der Waals surface area contributed by atoms with E-state index in [9.17, 15) is 4.79 Å². The van der Waals surface area contributed by atoms with E-state index in [1.165, 1.54) is 11.3 Å². The highest BCUT2D eigenvalue weighted by atomic mass is 32.1. The van der Waals surface area contributed by atoms with Gasteiger partial charge < -0.3 is 23.5 Å². The number of ether oxygens (including phenoxy) is 3. The van der Waals surface area contributed by atoms with Gasteiger partial charge in [0.2, 0.25) is 0 Å². The van der Waals surface area contributed by atoms with Crippen molar-refractivity contribution >= 4 is 34.0 Å². The number of nitrogens with zero attached hydrogens (tertiary/aromatic N) is 6.